The normalized spacial score (nSPS) is 10.5. The molecule has 1 aromatic carbocycles. The monoisotopic (exact) mass is 445 g/mol. The first-order valence-corrected chi connectivity index (χ1v) is 9.91. The van der Waals surface area contributed by atoms with Crippen LogP contribution >= 0.6 is 11.3 Å². The first-order chi connectivity index (χ1) is 14.9. The summed E-state index contributed by atoms with van der Waals surface area (Å²) >= 11 is 1.02. The van der Waals surface area contributed by atoms with Crippen LogP contribution in [-0.4, -0.2) is 42.1 Å². The average Bonchev–Trinajstić information content (AvgIpc) is 3.18. The van der Waals surface area contributed by atoms with Crippen molar-refractivity contribution in [2.45, 2.75) is 6.92 Å². The number of thiazole rings is 1. The minimum Gasteiger partial charge on any atom is -0.490 e. The number of amides is 2. The summed E-state index contributed by atoms with van der Waals surface area (Å²) in [5, 5.41) is 5.42. The van der Waals surface area contributed by atoms with Crippen LogP contribution in [-0.2, 0) is 4.74 Å². The maximum Gasteiger partial charge on any atom is 0.267 e. The highest BCUT2D eigenvalue weighted by Crippen LogP contribution is 2.23. The lowest BCUT2D eigenvalue weighted by Gasteiger charge is -2.12. The molecule has 0 radical (unpaired) electrons. The number of nitrogens with two attached hydrogens (primary N) is 1. The molecule has 0 saturated carbocycles. The number of methoxy groups -OCH3 is 1. The minimum absolute atomic E-state index is 0.217. The fourth-order valence-corrected chi connectivity index (χ4v) is 3.10. The molecule has 11 heteroatoms. The zero-order valence-electron chi connectivity index (χ0n) is 16.8. The third-order valence-electron chi connectivity index (χ3n) is 4.09. The molecule has 31 heavy (non-hydrogen) atoms. The molecule has 0 saturated heterocycles. The Hall–Kier alpha value is -3.57. The fourth-order valence-electron chi connectivity index (χ4n) is 2.52. The molecule has 0 aliphatic carbocycles. The summed E-state index contributed by atoms with van der Waals surface area (Å²) in [4.78, 5) is 33.1. The van der Waals surface area contributed by atoms with Gasteiger partial charge in [0.15, 0.2) is 5.13 Å². The number of ether oxygens (including phenoxy) is 2. The third-order valence-corrected chi connectivity index (χ3v) is 4.91. The van der Waals surface area contributed by atoms with E-state index >= 15 is 0 Å². The van der Waals surface area contributed by atoms with Crippen molar-refractivity contribution in [1.29, 1.82) is 0 Å². The van der Waals surface area contributed by atoms with Crippen LogP contribution in [0.2, 0.25) is 0 Å². The second-order valence-corrected chi connectivity index (χ2v) is 7.40. The van der Waals surface area contributed by atoms with Gasteiger partial charge in [-0.25, -0.2) is 14.4 Å². The number of carbonyl (C=O) groups is 2. The summed E-state index contributed by atoms with van der Waals surface area (Å²) in [6.07, 6.45) is 2.78. The van der Waals surface area contributed by atoms with Gasteiger partial charge in [-0.2, -0.15) is 0 Å². The first kappa shape index (κ1) is 22.1. The molecule has 0 spiro atoms. The molecule has 0 fully saturated rings. The zero-order chi connectivity index (χ0) is 22.4. The summed E-state index contributed by atoms with van der Waals surface area (Å²) < 4.78 is 24.7. The number of aryl methyl sites for hydroxylation is 1. The number of nitrogens with zero attached hydrogens (tertiary/aromatic N) is 2. The molecule has 2 amide bonds. The van der Waals surface area contributed by atoms with Crippen molar-refractivity contribution in [1.82, 2.24) is 9.97 Å². The van der Waals surface area contributed by atoms with Crippen LogP contribution in [0.3, 0.4) is 0 Å². The number of benzene rings is 1. The maximum atomic E-state index is 14.4. The van der Waals surface area contributed by atoms with E-state index in [2.05, 4.69) is 20.6 Å². The predicted molar refractivity (Wildman–Crippen MR) is 115 cm³/mol. The van der Waals surface area contributed by atoms with E-state index in [0.29, 0.717) is 35.1 Å². The van der Waals surface area contributed by atoms with Gasteiger partial charge in [-0.1, -0.05) is 11.3 Å². The van der Waals surface area contributed by atoms with E-state index in [1.165, 1.54) is 30.6 Å². The Morgan fingerprint density at radius 3 is 2.58 bits per heavy atom. The van der Waals surface area contributed by atoms with Crippen LogP contribution in [0.5, 0.6) is 5.75 Å². The molecule has 0 atom stereocenters. The van der Waals surface area contributed by atoms with E-state index in [1.807, 2.05) is 0 Å². The van der Waals surface area contributed by atoms with Crippen LogP contribution in [0.1, 0.15) is 25.6 Å². The van der Waals surface area contributed by atoms with Crippen LogP contribution < -0.4 is 21.1 Å². The largest absolute Gasteiger partial charge is 0.490 e. The van der Waals surface area contributed by atoms with Crippen LogP contribution in [0, 0.1) is 12.7 Å². The van der Waals surface area contributed by atoms with E-state index < -0.39 is 17.6 Å². The standard InChI is InChI=1S/C20H20FN5O4S/c1-11-7-14(21)13(8-15(11)25-19(28)16-10-24-20(22)31-16)18(27)26-17-4-3-12(9-23-17)30-6-5-29-2/h3-4,7-10H,5-6H2,1-2H3,(H2,22,24)(H,25,28)(H,23,26,27). The van der Waals surface area contributed by atoms with Crippen LogP contribution in [0.4, 0.5) is 21.0 Å². The molecule has 3 rings (SSSR count). The molecule has 0 bridgehead atoms. The number of carbonyl (C=O) groups excluding carboxylic acids is 2. The van der Waals surface area contributed by atoms with Crippen molar-refractivity contribution in [2.24, 2.45) is 0 Å². The number of hydrogen-bond acceptors (Lipinski definition) is 8. The quantitative estimate of drug-likeness (QED) is 0.455. The molecular formula is C20H20FN5O4S. The summed E-state index contributed by atoms with van der Waals surface area (Å²) in [7, 11) is 1.57. The molecule has 9 nitrogen and oxygen atoms in total. The molecule has 0 aliphatic rings. The third kappa shape index (κ3) is 5.74. The predicted octanol–water partition coefficient (Wildman–Crippen LogP) is 3.10. The summed E-state index contributed by atoms with van der Waals surface area (Å²) in [5.74, 6) is -1.17. The SMILES string of the molecule is COCCOc1ccc(NC(=O)c2cc(NC(=O)c3cnc(N)s3)c(C)cc2F)nc1. The smallest absolute Gasteiger partial charge is 0.267 e. The Balaban J connectivity index is 1.72. The van der Waals surface area contributed by atoms with Gasteiger partial charge in [0, 0.05) is 12.8 Å². The van der Waals surface area contributed by atoms with Crippen molar-refractivity contribution < 1.29 is 23.5 Å². The highest BCUT2D eigenvalue weighted by atomic mass is 32.1. The lowest BCUT2D eigenvalue weighted by atomic mass is 10.1. The zero-order valence-corrected chi connectivity index (χ0v) is 17.6. The molecule has 2 aromatic heterocycles. The summed E-state index contributed by atoms with van der Waals surface area (Å²) in [5.41, 5.74) is 6.04. The number of halogens is 1. The Morgan fingerprint density at radius 1 is 1.13 bits per heavy atom. The highest BCUT2D eigenvalue weighted by molar-refractivity contribution is 7.17. The van der Waals surface area contributed by atoms with Gasteiger partial charge >= 0.3 is 0 Å². The first-order valence-electron chi connectivity index (χ1n) is 9.09. The van der Waals surface area contributed by atoms with E-state index in [-0.39, 0.29) is 16.5 Å². The molecule has 2 heterocycles. The molecule has 4 N–H and O–H groups in total. The number of anilines is 3. The van der Waals surface area contributed by atoms with E-state index in [1.54, 1.807) is 20.1 Å². The molecule has 0 aliphatic heterocycles. The Morgan fingerprint density at radius 2 is 1.94 bits per heavy atom. The van der Waals surface area contributed by atoms with Gasteiger partial charge in [0.25, 0.3) is 11.8 Å². The molecule has 0 unspecified atom stereocenters. The number of aromatic nitrogens is 2. The van der Waals surface area contributed by atoms with Crippen LogP contribution in [0.25, 0.3) is 0 Å². The van der Waals surface area contributed by atoms with E-state index in [0.717, 1.165) is 11.3 Å². The van der Waals surface area contributed by atoms with Gasteiger partial charge in [0.05, 0.1) is 24.6 Å². The fraction of sp³-hybridized carbons (Fsp3) is 0.200. The van der Waals surface area contributed by atoms with Gasteiger partial charge in [0.1, 0.15) is 28.9 Å². The molecule has 3 aromatic rings. The van der Waals surface area contributed by atoms with E-state index in [4.69, 9.17) is 15.2 Å². The molecular weight excluding hydrogens is 425 g/mol. The Kier molecular flexibility index (Phi) is 7.11. The Bertz CT molecular complexity index is 1090. The minimum atomic E-state index is -0.727. The Labute approximate surface area is 181 Å². The average molecular weight is 445 g/mol. The summed E-state index contributed by atoms with van der Waals surface area (Å²) in [6, 6.07) is 5.59. The van der Waals surface area contributed by atoms with Gasteiger partial charge in [0.2, 0.25) is 0 Å². The van der Waals surface area contributed by atoms with Crippen molar-refractivity contribution in [3.05, 3.63) is 58.5 Å². The lowest BCUT2D eigenvalue weighted by Crippen LogP contribution is -2.17. The lowest BCUT2D eigenvalue weighted by molar-refractivity contribution is 0.101. The van der Waals surface area contributed by atoms with Crippen molar-refractivity contribution in [2.75, 3.05) is 36.7 Å². The highest BCUT2D eigenvalue weighted by Gasteiger charge is 2.18. The van der Waals surface area contributed by atoms with E-state index in [9.17, 15) is 14.0 Å². The van der Waals surface area contributed by atoms with Gasteiger partial charge in [-0.3, -0.25) is 9.59 Å². The topological polar surface area (TPSA) is 128 Å². The number of pyridine rings is 1. The van der Waals surface area contributed by atoms with Crippen LogP contribution in [0.15, 0.2) is 36.7 Å². The number of hydrogen-bond donors (Lipinski definition) is 3. The number of nitrogens with one attached hydrogen (secondary N) is 2. The second kappa shape index (κ2) is 9.96. The number of nitrogen functional groups attached to an aromatic ring is 1. The molecule has 162 valence electrons. The van der Waals surface area contributed by atoms with Gasteiger partial charge in [-0.15, -0.1) is 0 Å². The number of rotatable bonds is 8. The van der Waals surface area contributed by atoms with Crippen molar-refractivity contribution >= 4 is 39.8 Å². The van der Waals surface area contributed by atoms with Gasteiger partial charge in [-0.05, 0) is 36.8 Å². The maximum absolute atomic E-state index is 14.4. The van der Waals surface area contributed by atoms with Crippen molar-refractivity contribution in [3.8, 4) is 5.75 Å². The van der Waals surface area contributed by atoms with Gasteiger partial charge < -0.3 is 25.8 Å². The summed E-state index contributed by atoms with van der Waals surface area (Å²) in [6.45, 7) is 2.41. The van der Waals surface area contributed by atoms with Crippen molar-refractivity contribution in [3.63, 3.8) is 0 Å². The second-order valence-electron chi connectivity index (χ2n) is 6.34.